The molecule has 1 saturated heterocycles. The highest BCUT2D eigenvalue weighted by Crippen LogP contribution is 2.16. The van der Waals surface area contributed by atoms with E-state index in [1.807, 2.05) is 12.1 Å². The van der Waals surface area contributed by atoms with E-state index >= 15 is 0 Å². The molecule has 1 aromatic heterocycles. The molecule has 25 heavy (non-hydrogen) atoms. The summed E-state index contributed by atoms with van der Waals surface area (Å²) in [4.78, 5) is 26.5. The van der Waals surface area contributed by atoms with Crippen LogP contribution < -0.4 is 10.9 Å². The number of carbonyl (C=O) groups is 1. The Kier molecular flexibility index (Phi) is 5.66. The summed E-state index contributed by atoms with van der Waals surface area (Å²) in [6.45, 7) is 3.69. The lowest BCUT2D eigenvalue weighted by molar-refractivity contribution is 0.0950. The first-order valence-electron chi connectivity index (χ1n) is 8.87. The lowest BCUT2D eigenvalue weighted by Crippen LogP contribution is -2.30. The van der Waals surface area contributed by atoms with Gasteiger partial charge in [0.15, 0.2) is 0 Å². The van der Waals surface area contributed by atoms with Crippen molar-refractivity contribution in [1.29, 1.82) is 0 Å². The second kappa shape index (κ2) is 8.12. The van der Waals surface area contributed by atoms with E-state index in [0.29, 0.717) is 12.1 Å². The van der Waals surface area contributed by atoms with Gasteiger partial charge in [-0.25, -0.2) is 0 Å². The van der Waals surface area contributed by atoms with Gasteiger partial charge in [-0.2, -0.15) is 0 Å². The van der Waals surface area contributed by atoms with Gasteiger partial charge in [0.25, 0.3) is 11.5 Å². The Hall–Kier alpha value is -2.40. The van der Waals surface area contributed by atoms with Gasteiger partial charge in [-0.05, 0) is 43.1 Å². The Balaban J connectivity index is 1.65. The van der Waals surface area contributed by atoms with E-state index < -0.39 is 0 Å². The van der Waals surface area contributed by atoms with Crippen LogP contribution in [0, 0.1) is 0 Å². The van der Waals surface area contributed by atoms with Crippen LogP contribution in [0.2, 0.25) is 0 Å². The largest absolute Gasteiger partial charge is 0.348 e. The molecule has 5 nitrogen and oxygen atoms in total. The highest BCUT2D eigenvalue weighted by molar-refractivity contribution is 5.93. The molecule has 1 amide bonds. The molecule has 3 rings (SSSR count). The van der Waals surface area contributed by atoms with Crippen molar-refractivity contribution in [2.24, 2.45) is 7.05 Å². The van der Waals surface area contributed by atoms with Crippen LogP contribution in [-0.2, 0) is 20.1 Å². The van der Waals surface area contributed by atoms with Crippen LogP contribution in [0.5, 0.6) is 0 Å². The second-order valence-electron chi connectivity index (χ2n) is 6.65. The molecular weight excluding hydrogens is 314 g/mol. The number of likely N-dealkylation sites (tertiary alicyclic amines) is 1. The molecule has 0 spiro atoms. The van der Waals surface area contributed by atoms with Crippen molar-refractivity contribution in [2.45, 2.75) is 32.4 Å². The van der Waals surface area contributed by atoms with Crippen LogP contribution in [0.4, 0.5) is 0 Å². The topological polar surface area (TPSA) is 54.3 Å². The first kappa shape index (κ1) is 17.4. The molecule has 0 aliphatic carbocycles. The van der Waals surface area contributed by atoms with Crippen LogP contribution >= 0.6 is 0 Å². The van der Waals surface area contributed by atoms with Gasteiger partial charge in [-0.3, -0.25) is 14.5 Å². The summed E-state index contributed by atoms with van der Waals surface area (Å²) in [6, 6.07) is 11.3. The van der Waals surface area contributed by atoms with Crippen molar-refractivity contribution in [3.8, 4) is 0 Å². The molecular formula is C20H25N3O2. The molecule has 1 aliphatic heterocycles. The third-order valence-electron chi connectivity index (χ3n) is 4.77. The molecule has 2 aromatic rings. The van der Waals surface area contributed by atoms with Crippen LogP contribution in [0.1, 0.15) is 40.7 Å². The van der Waals surface area contributed by atoms with Gasteiger partial charge in [0, 0.05) is 38.0 Å². The summed E-state index contributed by atoms with van der Waals surface area (Å²) in [6.07, 6.45) is 5.47. The van der Waals surface area contributed by atoms with Gasteiger partial charge in [0.1, 0.15) is 0 Å². The van der Waals surface area contributed by atoms with E-state index in [1.165, 1.54) is 35.5 Å². The zero-order valence-corrected chi connectivity index (χ0v) is 14.7. The Morgan fingerprint density at radius 1 is 1.08 bits per heavy atom. The predicted molar refractivity (Wildman–Crippen MR) is 98.4 cm³/mol. The second-order valence-corrected chi connectivity index (χ2v) is 6.65. The van der Waals surface area contributed by atoms with Gasteiger partial charge in [-0.1, -0.05) is 30.7 Å². The van der Waals surface area contributed by atoms with E-state index in [-0.39, 0.29) is 11.5 Å². The zero-order valence-electron chi connectivity index (χ0n) is 14.7. The van der Waals surface area contributed by atoms with Crippen molar-refractivity contribution in [3.63, 3.8) is 0 Å². The SMILES string of the molecule is Cn1ccc(C(=O)NCc2ccccc2CN2CCCCC2)cc1=O. The summed E-state index contributed by atoms with van der Waals surface area (Å²) >= 11 is 0. The van der Waals surface area contributed by atoms with Crippen molar-refractivity contribution >= 4 is 5.91 Å². The minimum absolute atomic E-state index is 0.182. The van der Waals surface area contributed by atoms with Crippen LogP contribution in [-0.4, -0.2) is 28.5 Å². The predicted octanol–water partition coefficient (Wildman–Crippen LogP) is 2.30. The van der Waals surface area contributed by atoms with E-state index in [2.05, 4.69) is 22.3 Å². The van der Waals surface area contributed by atoms with E-state index in [4.69, 9.17) is 0 Å². The van der Waals surface area contributed by atoms with Crippen LogP contribution in [0.15, 0.2) is 47.4 Å². The summed E-state index contributed by atoms with van der Waals surface area (Å²) in [5.74, 6) is -0.217. The maximum absolute atomic E-state index is 12.3. The fourth-order valence-electron chi connectivity index (χ4n) is 3.21. The maximum atomic E-state index is 12.3. The molecule has 5 heteroatoms. The Morgan fingerprint density at radius 2 is 1.80 bits per heavy atom. The first-order valence-corrected chi connectivity index (χ1v) is 8.87. The minimum atomic E-state index is -0.217. The lowest BCUT2D eigenvalue weighted by atomic mass is 10.0. The van der Waals surface area contributed by atoms with Crippen molar-refractivity contribution in [1.82, 2.24) is 14.8 Å². The quantitative estimate of drug-likeness (QED) is 0.909. The summed E-state index contributed by atoms with van der Waals surface area (Å²) in [5.41, 5.74) is 2.61. The molecule has 1 fully saturated rings. The third-order valence-corrected chi connectivity index (χ3v) is 4.77. The summed E-state index contributed by atoms with van der Waals surface area (Å²) in [7, 11) is 1.67. The molecule has 132 valence electrons. The first-order chi connectivity index (χ1) is 12.1. The van der Waals surface area contributed by atoms with Crippen molar-refractivity contribution in [2.75, 3.05) is 13.1 Å². The number of aryl methyl sites for hydroxylation is 1. The summed E-state index contributed by atoms with van der Waals surface area (Å²) in [5, 5.41) is 2.93. The fraction of sp³-hybridized carbons (Fsp3) is 0.400. The van der Waals surface area contributed by atoms with Gasteiger partial charge in [-0.15, -0.1) is 0 Å². The number of benzene rings is 1. The molecule has 2 heterocycles. The fourth-order valence-corrected chi connectivity index (χ4v) is 3.21. The number of hydrogen-bond acceptors (Lipinski definition) is 3. The number of piperidine rings is 1. The van der Waals surface area contributed by atoms with E-state index in [1.54, 1.807) is 19.3 Å². The number of carbonyl (C=O) groups excluding carboxylic acids is 1. The molecule has 1 aromatic carbocycles. The molecule has 0 radical (unpaired) electrons. The average molecular weight is 339 g/mol. The number of nitrogens with one attached hydrogen (secondary N) is 1. The molecule has 0 unspecified atom stereocenters. The van der Waals surface area contributed by atoms with Crippen molar-refractivity contribution < 1.29 is 4.79 Å². The van der Waals surface area contributed by atoms with Gasteiger partial charge in [0.05, 0.1) is 0 Å². The lowest BCUT2D eigenvalue weighted by Gasteiger charge is -2.27. The number of hydrogen-bond donors (Lipinski definition) is 1. The van der Waals surface area contributed by atoms with E-state index in [9.17, 15) is 9.59 Å². The van der Waals surface area contributed by atoms with Gasteiger partial charge in [0.2, 0.25) is 0 Å². The number of amides is 1. The third kappa shape index (κ3) is 4.57. The van der Waals surface area contributed by atoms with Gasteiger partial charge < -0.3 is 9.88 Å². The Morgan fingerprint density at radius 3 is 2.52 bits per heavy atom. The Bertz CT molecular complexity index is 792. The van der Waals surface area contributed by atoms with Gasteiger partial charge >= 0.3 is 0 Å². The standard InChI is InChI=1S/C20H25N3O2/c1-22-12-9-16(13-19(22)24)20(25)21-14-17-7-3-4-8-18(17)15-23-10-5-2-6-11-23/h3-4,7-9,12-13H,2,5-6,10-11,14-15H2,1H3,(H,21,25). The number of aromatic nitrogens is 1. The minimum Gasteiger partial charge on any atom is -0.348 e. The van der Waals surface area contributed by atoms with Crippen molar-refractivity contribution in [3.05, 3.63) is 69.6 Å². The Labute approximate surface area is 148 Å². The van der Waals surface area contributed by atoms with Crippen LogP contribution in [0.3, 0.4) is 0 Å². The zero-order chi connectivity index (χ0) is 17.6. The monoisotopic (exact) mass is 339 g/mol. The number of nitrogens with zero attached hydrogens (tertiary/aromatic N) is 2. The molecule has 0 bridgehead atoms. The maximum Gasteiger partial charge on any atom is 0.251 e. The number of pyridine rings is 1. The highest BCUT2D eigenvalue weighted by atomic mass is 16.2. The smallest absolute Gasteiger partial charge is 0.251 e. The molecule has 0 saturated carbocycles. The number of rotatable bonds is 5. The molecule has 1 N–H and O–H groups in total. The van der Waals surface area contributed by atoms with Crippen LogP contribution in [0.25, 0.3) is 0 Å². The normalized spacial score (nSPS) is 15.1. The highest BCUT2D eigenvalue weighted by Gasteiger charge is 2.13. The molecule has 0 atom stereocenters. The average Bonchev–Trinajstić information content (AvgIpc) is 2.64. The van der Waals surface area contributed by atoms with E-state index in [0.717, 1.165) is 25.2 Å². The summed E-state index contributed by atoms with van der Waals surface area (Å²) < 4.78 is 1.45. The molecule has 1 aliphatic rings.